The minimum atomic E-state index is -0.276. The lowest BCUT2D eigenvalue weighted by Gasteiger charge is -2.30. The maximum absolute atomic E-state index is 12.5. The van der Waals surface area contributed by atoms with Gasteiger partial charge in [-0.15, -0.1) is 0 Å². The first-order valence-corrected chi connectivity index (χ1v) is 7.74. The number of nitrogens with two attached hydrogens (primary N) is 1. The van der Waals surface area contributed by atoms with Crippen molar-refractivity contribution in [3.8, 4) is 11.5 Å². The van der Waals surface area contributed by atoms with Crippen LogP contribution in [-0.4, -0.2) is 44.0 Å². The van der Waals surface area contributed by atoms with E-state index in [1.807, 2.05) is 19.1 Å². The van der Waals surface area contributed by atoms with Crippen LogP contribution < -0.4 is 15.2 Å². The fraction of sp³-hybridized carbons (Fsp3) is 0.529. The van der Waals surface area contributed by atoms with E-state index in [2.05, 4.69) is 0 Å². The summed E-state index contributed by atoms with van der Waals surface area (Å²) >= 11 is 0. The predicted molar refractivity (Wildman–Crippen MR) is 86.5 cm³/mol. The number of benzene rings is 1. The largest absolute Gasteiger partial charge is 0.496 e. The van der Waals surface area contributed by atoms with Crippen LogP contribution in [0.4, 0.5) is 0 Å². The molecule has 0 saturated carbocycles. The summed E-state index contributed by atoms with van der Waals surface area (Å²) in [6, 6.07) is 3.73. The van der Waals surface area contributed by atoms with Gasteiger partial charge >= 0.3 is 0 Å². The molecule has 1 saturated heterocycles. The van der Waals surface area contributed by atoms with Crippen molar-refractivity contribution in [1.29, 1.82) is 0 Å². The molecule has 1 aliphatic rings. The minimum Gasteiger partial charge on any atom is -0.496 e. The summed E-state index contributed by atoms with van der Waals surface area (Å²) in [6.45, 7) is 3.07. The Labute approximate surface area is 136 Å². The number of piperidine rings is 1. The summed E-state index contributed by atoms with van der Waals surface area (Å²) in [6.07, 6.45) is 1.52. The van der Waals surface area contributed by atoms with E-state index in [0.29, 0.717) is 31.7 Å². The van der Waals surface area contributed by atoms with Crippen molar-refractivity contribution in [2.24, 2.45) is 11.7 Å². The van der Waals surface area contributed by atoms with Crippen LogP contribution in [-0.2, 0) is 16.0 Å². The number of hydrogen-bond acceptors (Lipinski definition) is 4. The van der Waals surface area contributed by atoms with E-state index >= 15 is 0 Å². The van der Waals surface area contributed by atoms with Crippen LogP contribution in [0.25, 0.3) is 0 Å². The molecule has 0 radical (unpaired) electrons. The molecule has 1 heterocycles. The standard InChI is InChI=1S/C17H24N2O4/c1-11-8-15(23-3)13(9-14(11)22-2)10-16(20)19-6-4-12(5-7-19)17(18)21/h8-9,12H,4-7,10H2,1-3H3,(H2,18,21). The van der Waals surface area contributed by atoms with Gasteiger partial charge in [0.15, 0.2) is 0 Å². The predicted octanol–water partition coefficient (Wildman–Crippen LogP) is 1.28. The highest BCUT2D eigenvalue weighted by Gasteiger charge is 2.26. The van der Waals surface area contributed by atoms with Gasteiger partial charge in [-0.2, -0.15) is 0 Å². The van der Waals surface area contributed by atoms with Gasteiger partial charge in [-0.25, -0.2) is 0 Å². The van der Waals surface area contributed by atoms with Crippen molar-refractivity contribution in [2.45, 2.75) is 26.2 Å². The quantitative estimate of drug-likeness (QED) is 0.886. The average molecular weight is 320 g/mol. The van der Waals surface area contributed by atoms with Crippen LogP contribution in [0.5, 0.6) is 11.5 Å². The molecule has 6 nitrogen and oxygen atoms in total. The Balaban J connectivity index is 2.07. The number of primary amides is 1. The van der Waals surface area contributed by atoms with Gasteiger partial charge in [0, 0.05) is 24.6 Å². The normalized spacial score (nSPS) is 15.3. The number of rotatable bonds is 5. The third-order valence-corrected chi connectivity index (χ3v) is 4.39. The zero-order valence-corrected chi connectivity index (χ0v) is 13.9. The zero-order chi connectivity index (χ0) is 17.0. The lowest BCUT2D eigenvalue weighted by Crippen LogP contribution is -2.42. The first-order chi connectivity index (χ1) is 11.0. The van der Waals surface area contributed by atoms with Crippen LogP contribution in [0.2, 0.25) is 0 Å². The maximum atomic E-state index is 12.5. The number of amides is 2. The van der Waals surface area contributed by atoms with Crippen molar-refractivity contribution >= 4 is 11.8 Å². The number of methoxy groups -OCH3 is 2. The van der Waals surface area contributed by atoms with Crippen molar-refractivity contribution in [3.63, 3.8) is 0 Å². The van der Waals surface area contributed by atoms with E-state index < -0.39 is 0 Å². The molecule has 0 spiro atoms. The van der Waals surface area contributed by atoms with E-state index in [0.717, 1.165) is 16.9 Å². The molecule has 2 amide bonds. The Hall–Kier alpha value is -2.24. The smallest absolute Gasteiger partial charge is 0.227 e. The molecule has 23 heavy (non-hydrogen) atoms. The minimum absolute atomic E-state index is 0.0251. The van der Waals surface area contributed by atoms with Crippen LogP contribution in [0.1, 0.15) is 24.0 Å². The zero-order valence-electron chi connectivity index (χ0n) is 13.9. The molecule has 2 N–H and O–H groups in total. The number of carbonyl (C=O) groups is 2. The van der Waals surface area contributed by atoms with Gasteiger partial charge in [-0.05, 0) is 37.5 Å². The van der Waals surface area contributed by atoms with Gasteiger partial charge in [-0.1, -0.05) is 0 Å². The highest BCUT2D eigenvalue weighted by Crippen LogP contribution is 2.29. The summed E-state index contributed by atoms with van der Waals surface area (Å²) in [7, 11) is 3.20. The third-order valence-electron chi connectivity index (χ3n) is 4.39. The molecule has 1 fully saturated rings. The number of carbonyl (C=O) groups excluding carboxylic acids is 2. The lowest BCUT2D eigenvalue weighted by molar-refractivity contribution is -0.134. The topological polar surface area (TPSA) is 81.9 Å². The van der Waals surface area contributed by atoms with E-state index in [-0.39, 0.29) is 24.2 Å². The molecule has 1 aromatic rings. The highest BCUT2D eigenvalue weighted by atomic mass is 16.5. The number of likely N-dealkylation sites (tertiary alicyclic amines) is 1. The van der Waals surface area contributed by atoms with Crippen LogP contribution in [0.15, 0.2) is 12.1 Å². The molecule has 0 aliphatic carbocycles. The summed E-state index contributed by atoms with van der Waals surface area (Å²) in [5.41, 5.74) is 7.09. The van der Waals surface area contributed by atoms with Gasteiger partial charge in [-0.3, -0.25) is 9.59 Å². The second-order valence-corrected chi connectivity index (χ2v) is 5.87. The van der Waals surface area contributed by atoms with Crippen LogP contribution in [0, 0.1) is 12.8 Å². The summed E-state index contributed by atoms with van der Waals surface area (Å²) < 4.78 is 10.7. The Morgan fingerprint density at radius 2 is 1.78 bits per heavy atom. The maximum Gasteiger partial charge on any atom is 0.227 e. The molecule has 0 aromatic heterocycles. The van der Waals surface area contributed by atoms with Gasteiger partial charge in [0.1, 0.15) is 11.5 Å². The van der Waals surface area contributed by atoms with E-state index in [4.69, 9.17) is 15.2 Å². The lowest BCUT2D eigenvalue weighted by atomic mass is 9.95. The Morgan fingerprint density at radius 1 is 1.17 bits per heavy atom. The number of hydrogen-bond donors (Lipinski definition) is 1. The third kappa shape index (κ3) is 3.94. The number of aryl methyl sites for hydroxylation is 1. The van der Waals surface area contributed by atoms with Crippen molar-refractivity contribution < 1.29 is 19.1 Å². The fourth-order valence-electron chi connectivity index (χ4n) is 2.94. The average Bonchev–Trinajstić information content (AvgIpc) is 2.55. The molecular formula is C17H24N2O4. The van der Waals surface area contributed by atoms with E-state index in [1.165, 1.54) is 0 Å². The molecular weight excluding hydrogens is 296 g/mol. The molecule has 0 unspecified atom stereocenters. The molecule has 1 aliphatic heterocycles. The number of nitrogens with zero attached hydrogens (tertiary/aromatic N) is 1. The van der Waals surface area contributed by atoms with E-state index in [1.54, 1.807) is 19.1 Å². The van der Waals surface area contributed by atoms with Gasteiger partial charge in [0.25, 0.3) is 0 Å². The molecule has 0 bridgehead atoms. The first-order valence-electron chi connectivity index (χ1n) is 7.74. The van der Waals surface area contributed by atoms with Crippen molar-refractivity contribution in [1.82, 2.24) is 4.90 Å². The molecule has 126 valence electrons. The fourth-order valence-corrected chi connectivity index (χ4v) is 2.94. The van der Waals surface area contributed by atoms with Gasteiger partial charge < -0.3 is 20.1 Å². The highest BCUT2D eigenvalue weighted by molar-refractivity contribution is 5.81. The Kier molecular flexibility index (Phi) is 5.47. The summed E-state index contributed by atoms with van der Waals surface area (Å²) in [5.74, 6) is 1.05. The monoisotopic (exact) mass is 320 g/mol. The Morgan fingerprint density at radius 3 is 2.30 bits per heavy atom. The van der Waals surface area contributed by atoms with Crippen LogP contribution in [0.3, 0.4) is 0 Å². The first kappa shape index (κ1) is 17.1. The SMILES string of the molecule is COc1cc(CC(=O)N2CCC(C(N)=O)CC2)c(OC)cc1C. The second kappa shape index (κ2) is 7.35. The molecule has 1 aromatic carbocycles. The molecule has 0 atom stereocenters. The van der Waals surface area contributed by atoms with Crippen molar-refractivity contribution in [2.75, 3.05) is 27.3 Å². The summed E-state index contributed by atoms with van der Waals surface area (Å²) in [4.78, 5) is 25.5. The van der Waals surface area contributed by atoms with E-state index in [9.17, 15) is 9.59 Å². The summed E-state index contributed by atoms with van der Waals surface area (Å²) in [5, 5.41) is 0. The molecule has 6 heteroatoms. The Bertz CT molecular complexity index is 593. The number of ether oxygens (including phenoxy) is 2. The second-order valence-electron chi connectivity index (χ2n) is 5.87. The van der Waals surface area contributed by atoms with Gasteiger partial charge in [0.05, 0.1) is 20.6 Å². The van der Waals surface area contributed by atoms with Crippen molar-refractivity contribution in [3.05, 3.63) is 23.3 Å². The van der Waals surface area contributed by atoms with Crippen LogP contribution >= 0.6 is 0 Å². The molecule has 2 rings (SSSR count). The van der Waals surface area contributed by atoms with Gasteiger partial charge in [0.2, 0.25) is 11.8 Å².